The molecule has 1 aromatic heterocycles. The van der Waals surface area contributed by atoms with E-state index >= 15 is 0 Å². The molecule has 6 heteroatoms. The molecule has 2 aliphatic heterocycles. The number of ether oxygens (including phenoxy) is 1. The Labute approximate surface area is 171 Å². The largest absolute Gasteiger partial charge is 0.379 e. The van der Waals surface area contributed by atoms with E-state index in [1.54, 1.807) is 12.1 Å². The molecule has 0 radical (unpaired) electrons. The highest BCUT2D eigenvalue weighted by Gasteiger charge is 2.39. The highest BCUT2D eigenvalue weighted by molar-refractivity contribution is 6.30. The summed E-state index contributed by atoms with van der Waals surface area (Å²) < 4.78 is 8.18. The second kappa shape index (κ2) is 8.27. The van der Waals surface area contributed by atoms with Crippen LogP contribution in [0.2, 0.25) is 5.02 Å². The van der Waals surface area contributed by atoms with Gasteiger partial charge in [-0.2, -0.15) is 0 Å². The van der Waals surface area contributed by atoms with Gasteiger partial charge in [0.1, 0.15) is 0 Å². The van der Waals surface area contributed by atoms with Crippen LogP contribution < -0.4 is 0 Å². The molecule has 0 aliphatic carbocycles. The lowest BCUT2D eigenvalue weighted by Crippen LogP contribution is -2.48. The van der Waals surface area contributed by atoms with Crippen molar-refractivity contribution in [3.05, 3.63) is 58.9 Å². The maximum Gasteiger partial charge on any atom is 0.253 e. The lowest BCUT2D eigenvalue weighted by atomic mass is 9.78. The number of rotatable bonds is 3. The van der Waals surface area contributed by atoms with E-state index in [2.05, 4.69) is 34.8 Å². The number of amides is 1. The van der Waals surface area contributed by atoms with E-state index in [4.69, 9.17) is 16.3 Å². The smallest absolute Gasteiger partial charge is 0.253 e. The van der Waals surface area contributed by atoms with Crippen molar-refractivity contribution in [3.63, 3.8) is 0 Å². The van der Waals surface area contributed by atoms with Crippen LogP contribution in [0.5, 0.6) is 0 Å². The molecule has 0 saturated carbocycles. The van der Waals surface area contributed by atoms with Gasteiger partial charge in [-0.25, -0.2) is 0 Å². The molecule has 1 amide bonds. The number of carbonyl (C=O) groups excluding carboxylic acids is 1. The number of hydrogen-bond acceptors (Lipinski definition) is 3. The minimum Gasteiger partial charge on any atom is -0.379 e. The van der Waals surface area contributed by atoms with Crippen molar-refractivity contribution in [2.24, 2.45) is 12.5 Å². The van der Waals surface area contributed by atoms with Crippen LogP contribution in [0.1, 0.15) is 28.9 Å². The second-order valence-corrected chi connectivity index (χ2v) is 8.61. The lowest BCUT2D eigenvalue weighted by molar-refractivity contribution is 0.0144. The van der Waals surface area contributed by atoms with Crippen LogP contribution in [-0.4, -0.2) is 59.7 Å². The van der Waals surface area contributed by atoms with E-state index < -0.39 is 0 Å². The van der Waals surface area contributed by atoms with Crippen molar-refractivity contribution in [3.8, 4) is 0 Å². The van der Waals surface area contributed by atoms with Gasteiger partial charge in [-0.3, -0.25) is 9.69 Å². The quantitative estimate of drug-likeness (QED) is 0.790. The van der Waals surface area contributed by atoms with Gasteiger partial charge in [0.2, 0.25) is 0 Å². The normalized spacial score (nSPS) is 20.3. The summed E-state index contributed by atoms with van der Waals surface area (Å²) in [5.74, 6) is 0.0764. The number of piperidine rings is 1. The molecular formula is C22H28ClN3O2. The maximum atomic E-state index is 12.8. The molecular weight excluding hydrogens is 374 g/mol. The first-order valence-corrected chi connectivity index (χ1v) is 10.4. The van der Waals surface area contributed by atoms with Crippen molar-refractivity contribution in [1.29, 1.82) is 0 Å². The lowest BCUT2D eigenvalue weighted by Gasteiger charge is -2.42. The summed E-state index contributed by atoms with van der Waals surface area (Å²) in [5, 5.41) is 0.604. The Morgan fingerprint density at radius 3 is 2.71 bits per heavy atom. The average Bonchev–Trinajstić information content (AvgIpc) is 2.99. The molecule has 0 N–H and O–H groups in total. The Morgan fingerprint density at radius 1 is 1.18 bits per heavy atom. The number of likely N-dealkylation sites (tertiary alicyclic amines) is 1. The molecule has 2 aromatic rings. The molecule has 3 heterocycles. The highest BCUT2D eigenvalue weighted by Crippen LogP contribution is 2.35. The molecule has 1 aromatic carbocycles. The van der Waals surface area contributed by atoms with Crippen LogP contribution in [0.25, 0.3) is 0 Å². The fourth-order valence-corrected chi connectivity index (χ4v) is 4.59. The molecule has 150 valence electrons. The summed E-state index contributed by atoms with van der Waals surface area (Å²) in [6, 6.07) is 11.5. The Balaban J connectivity index is 1.40. The van der Waals surface area contributed by atoms with Crippen molar-refractivity contribution >= 4 is 17.5 Å². The molecule has 2 fully saturated rings. The monoisotopic (exact) mass is 401 g/mol. The molecule has 5 nitrogen and oxygen atoms in total. The zero-order valence-electron chi connectivity index (χ0n) is 16.4. The van der Waals surface area contributed by atoms with Crippen LogP contribution in [0.4, 0.5) is 0 Å². The SMILES string of the molecule is Cn1cccc1CN1CCOCC2(CCN(C(=O)c3cccc(Cl)c3)CC2)C1. The minimum absolute atomic E-state index is 0.0764. The Morgan fingerprint density at radius 2 is 2.00 bits per heavy atom. The maximum absolute atomic E-state index is 12.8. The Kier molecular flexibility index (Phi) is 5.76. The molecule has 0 atom stereocenters. The predicted molar refractivity (Wildman–Crippen MR) is 111 cm³/mol. The van der Waals surface area contributed by atoms with Gasteiger partial charge in [0, 0.05) is 67.7 Å². The van der Waals surface area contributed by atoms with Crippen LogP contribution in [0, 0.1) is 5.41 Å². The average molecular weight is 402 g/mol. The fraction of sp³-hybridized carbons (Fsp3) is 0.500. The Hall–Kier alpha value is -1.82. The first-order valence-electron chi connectivity index (χ1n) is 10.00. The Bertz CT molecular complexity index is 827. The molecule has 2 saturated heterocycles. The number of hydrogen-bond donors (Lipinski definition) is 0. The fourth-order valence-electron chi connectivity index (χ4n) is 4.40. The summed E-state index contributed by atoms with van der Waals surface area (Å²) in [7, 11) is 2.10. The summed E-state index contributed by atoms with van der Waals surface area (Å²) in [6.07, 6.45) is 4.05. The third-order valence-corrected chi connectivity index (χ3v) is 6.37. The molecule has 0 bridgehead atoms. The number of benzene rings is 1. The zero-order chi connectivity index (χ0) is 19.6. The number of aromatic nitrogens is 1. The number of carbonyl (C=O) groups is 1. The molecule has 0 unspecified atom stereocenters. The van der Waals surface area contributed by atoms with Gasteiger partial charge in [0.05, 0.1) is 13.2 Å². The number of aryl methyl sites for hydroxylation is 1. The van der Waals surface area contributed by atoms with Crippen LogP contribution >= 0.6 is 11.6 Å². The van der Waals surface area contributed by atoms with Crippen LogP contribution in [0.15, 0.2) is 42.6 Å². The molecule has 1 spiro atoms. The topological polar surface area (TPSA) is 37.7 Å². The van der Waals surface area contributed by atoms with Gasteiger partial charge in [0.15, 0.2) is 0 Å². The van der Waals surface area contributed by atoms with Crippen molar-refractivity contribution in [2.75, 3.05) is 39.4 Å². The second-order valence-electron chi connectivity index (χ2n) is 8.18. The van der Waals surface area contributed by atoms with Gasteiger partial charge in [-0.1, -0.05) is 17.7 Å². The van der Waals surface area contributed by atoms with Crippen LogP contribution in [0.3, 0.4) is 0 Å². The third kappa shape index (κ3) is 4.27. The van der Waals surface area contributed by atoms with Gasteiger partial charge in [0.25, 0.3) is 5.91 Å². The van der Waals surface area contributed by atoms with Gasteiger partial charge < -0.3 is 14.2 Å². The van der Waals surface area contributed by atoms with E-state index in [1.807, 2.05) is 17.0 Å². The zero-order valence-corrected chi connectivity index (χ0v) is 17.2. The molecule has 2 aliphatic rings. The van der Waals surface area contributed by atoms with E-state index in [9.17, 15) is 4.79 Å². The van der Waals surface area contributed by atoms with Crippen molar-refractivity contribution in [2.45, 2.75) is 19.4 Å². The van der Waals surface area contributed by atoms with E-state index in [0.29, 0.717) is 10.6 Å². The summed E-state index contributed by atoms with van der Waals surface area (Å²) in [6.45, 7) is 6.03. The number of halogens is 1. The molecule has 4 rings (SSSR count). The first-order chi connectivity index (χ1) is 13.5. The standard InChI is InChI=1S/C22H28ClN3O2/c1-24-9-3-6-20(24)15-25-12-13-28-17-22(16-25)7-10-26(11-8-22)21(27)18-4-2-5-19(23)14-18/h2-6,9,14H,7-8,10-13,15-17H2,1H3. The van der Waals surface area contributed by atoms with Gasteiger partial charge >= 0.3 is 0 Å². The third-order valence-electron chi connectivity index (χ3n) is 6.14. The van der Waals surface area contributed by atoms with Gasteiger partial charge in [-0.05, 0) is 43.2 Å². The van der Waals surface area contributed by atoms with E-state index in [1.165, 1.54) is 5.69 Å². The minimum atomic E-state index is 0.0764. The van der Waals surface area contributed by atoms with Crippen LogP contribution in [-0.2, 0) is 18.3 Å². The summed E-state index contributed by atoms with van der Waals surface area (Å²) in [5.41, 5.74) is 2.13. The molecule has 28 heavy (non-hydrogen) atoms. The number of nitrogens with zero attached hydrogens (tertiary/aromatic N) is 3. The summed E-state index contributed by atoms with van der Waals surface area (Å²) >= 11 is 6.05. The first kappa shape index (κ1) is 19.5. The van der Waals surface area contributed by atoms with Crippen molar-refractivity contribution < 1.29 is 9.53 Å². The van der Waals surface area contributed by atoms with Gasteiger partial charge in [-0.15, -0.1) is 0 Å². The van der Waals surface area contributed by atoms with E-state index in [0.717, 1.165) is 58.8 Å². The predicted octanol–water partition coefficient (Wildman–Crippen LogP) is 3.43. The van der Waals surface area contributed by atoms with Crippen molar-refractivity contribution in [1.82, 2.24) is 14.4 Å². The summed E-state index contributed by atoms with van der Waals surface area (Å²) in [4.78, 5) is 17.3. The van der Waals surface area contributed by atoms with E-state index in [-0.39, 0.29) is 11.3 Å². The highest BCUT2D eigenvalue weighted by atomic mass is 35.5.